The maximum Gasteiger partial charge on any atom is 0.170 e. The topological polar surface area (TPSA) is 46.2 Å². The summed E-state index contributed by atoms with van der Waals surface area (Å²) in [6.07, 6.45) is 2.54. The van der Waals surface area contributed by atoms with Crippen molar-refractivity contribution in [3.63, 3.8) is 0 Å². The molecule has 22 heavy (non-hydrogen) atoms. The Morgan fingerprint density at radius 2 is 2.23 bits per heavy atom. The predicted octanol–water partition coefficient (Wildman–Crippen LogP) is 3.58. The molecule has 2 aromatic rings. The van der Waals surface area contributed by atoms with Gasteiger partial charge in [-0.05, 0) is 44.1 Å². The second-order valence-electron chi connectivity index (χ2n) is 5.30. The number of nitrogens with one attached hydrogen (secondary N) is 2. The second-order valence-corrected chi connectivity index (χ2v) is 6.77. The number of anilines is 1. The first-order valence-corrected chi connectivity index (χ1v) is 8.68. The summed E-state index contributed by atoms with van der Waals surface area (Å²) in [5.74, 6) is 0. The van der Waals surface area contributed by atoms with E-state index in [4.69, 9.17) is 17.0 Å². The van der Waals surface area contributed by atoms with Crippen molar-refractivity contribution >= 4 is 34.4 Å². The summed E-state index contributed by atoms with van der Waals surface area (Å²) in [6, 6.07) is 8.15. The van der Waals surface area contributed by atoms with Gasteiger partial charge in [-0.25, -0.2) is 4.98 Å². The normalized spacial score (nSPS) is 17.4. The fourth-order valence-electron chi connectivity index (χ4n) is 2.41. The second kappa shape index (κ2) is 7.17. The molecule has 1 aliphatic heterocycles. The van der Waals surface area contributed by atoms with E-state index in [1.54, 1.807) is 11.3 Å². The van der Waals surface area contributed by atoms with Gasteiger partial charge in [0.2, 0.25) is 0 Å². The third kappa shape index (κ3) is 4.03. The van der Waals surface area contributed by atoms with Gasteiger partial charge < -0.3 is 15.4 Å². The number of benzene rings is 1. The highest BCUT2D eigenvalue weighted by molar-refractivity contribution is 7.80. The van der Waals surface area contributed by atoms with E-state index in [1.807, 2.05) is 19.1 Å². The molecular weight excluding hydrogens is 314 g/mol. The van der Waals surface area contributed by atoms with Gasteiger partial charge in [0.25, 0.3) is 0 Å². The van der Waals surface area contributed by atoms with Crippen molar-refractivity contribution in [1.82, 2.24) is 10.3 Å². The molecule has 0 bridgehead atoms. The highest BCUT2D eigenvalue weighted by Crippen LogP contribution is 2.23. The van der Waals surface area contributed by atoms with Crippen LogP contribution >= 0.6 is 23.6 Å². The summed E-state index contributed by atoms with van der Waals surface area (Å²) in [4.78, 5) is 4.49. The first-order chi connectivity index (χ1) is 10.7. The highest BCUT2D eigenvalue weighted by Gasteiger charge is 2.15. The Labute approximate surface area is 139 Å². The van der Waals surface area contributed by atoms with Crippen molar-refractivity contribution < 1.29 is 4.74 Å². The zero-order chi connectivity index (χ0) is 15.4. The van der Waals surface area contributed by atoms with Crippen molar-refractivity contribution in [3.05, 3.63) is 34.7 Å². The van der Waals surface area contributed by atoms with Gasteiger partial charge >= 0.3 is 0 Å². The van der Waals surface area contributed by atoms with E-state index in [0.717, 1.165) is 47.9 Å². The van der Waals surface area contributed by atoms with Crippen molar-refractivity contribution in [1.29, 1.82) is 0 Å². The fraction of sp³-hybridized carbons (Fsp3) is 0.375. The molecule has 0 radical (unpaired) electrons. The molecule has 1 fully saturated rings. The molecule has 0 unspecified atom stereocenters. The van der Waals surface area contributed by atoms with E-state index in [-0.39, 0.29) is 6.10 Å². The maximum atomic E-state index is 5.56. The third-order valence-electron chi connectivity index (χ3n) is 3.57. The van der Waals surface area contributed by atoms with Gasteiger partial charge in [0.15, 0.2) is 5.11 Å². The number of thiocarbonyl (C=S) groups is 1. The lowest BCUT2D eigenvalue weighted by Gasteiger charge is -2.14. The van der Waals surface area contributed by atoms with Crippen LogP contribution < -0.4 is 10.6 Å². The summed E-state index contributed by atoms with van der Waals surface area (Å²) in [5.41, 5.74) is 3.11. The monoisotopic (exact) mass is 333 g/mol. The Morgan fingerprint density at radius 1 is 1.41 bits per heavy atom. The number of rotatable bonds is 4. The van der Waals surface area contributed by atoms with E-state index in [2.05, 4.69) is 33.1 Å². The molecule has 0 spiro atoms. The van der Waals surface area contributed by atoms with Gasteiger partial charge in [-0.3, -0.25) is 0 Å². The summed E-state index contributed by atoms with van der Waals surface area (Å²) in [6.45, 7) is 3.65. The number of thiazole rings is 1. The van der Waals surface area contributed by atoms with Crippen molar-refractivity contribution in [2.24, 2.45) is 0 Å². The van der Waals surface area contributed by atoms with Crippen LogP contribution in [0.1, 0.15) is 17.8 Å². The Kier molecular flexibility index (Phi) is 5.02. The number of ether oxygens (including phenoxy) is 1. The molecule has 1 saturated heterocycles. The zero-order valence-corrected chi connectivity index (χ0v) is 14.1. The van der Waals surface area contributed by atoms with Crippen molar-refractivity contribution in [2.75, 3.05) is 18.5 Å². The number of aryl methyl sites for hydroxylation is 1. The van der Waals surface area contributed by atoms with Crippen LogP contribution in [0, 0.1) is 6.92 Å². The van der Waals surface area contributed by atoms with Gasteiger partial charge in [0.1, 0.15) is 0 Å². The van der Waals surface area contributed by atoms with Crippen molar-refractivity contribution in [3.8, 4) is 11.3 Å². The smallest absolute Gasteiger partial charge is 0.170 e. The Bertz CT molecular complexity index is 633. The minimum Gasteiger partial charge on any atom is -0.376 e. The molecule has 3 rings (SSSR count). The Balaban J connectivity index is 1.53. The van der Waals surface area contributed by atoms with E-state index in [0.29, 0.717) is 5.11 Å². The summed E-state index contributed by atoms with van der Waals surface area (Å²) in [7, 11) is 0. The molecule has 2 heterocycles. The molecule has 1 aromatic heterocycles. The van der Waals surface area contributed by atoms with Gasteiger partial charge in [-0.1, -0.05) is 12.1 Å². The zero-order valence-electron chi connectivity index (χ0n) is 12.5. The van der Waals surface area contributed by atoms with E-state index in [9.17, 15) is 0 Å². The Hall–Kier alpha value is -1.50. The van der Waals surface area contributed by atoms with E-state index < -0.39 is 0 Å². The first-order valence-electron chi connectivity index (χ1n) is 7.40. The Morgan fingerprint density at radius 3 is 2.86 bits per heavy atom. The number of hydrogen-bond acceptors (Lipinski definition) is 4. The molecule has 1 atom stereocenters. The molecule has 6 heteroatoms. The lowest BCUT2D eigenvalue weighted by Crippen LogP contribution is -2.34. The fourth-order valence-corrected chi connectivity index (χ4v) is 3.23. The average Bonchev–Trinajstić information content (AvgIpc) is 3.17. The van der Waals surface area contributed by atoms with Gasteiger partial charge in [-0.2, -0.15) is 0 Å². The molecule has 116 valence electrons. The van der Waals surface area contributed by atoms with Gasteiger partial charge in [-0.15, -0.1) is 11.3 Å². The van der Waals surface area contributed by atoms with Crippen LogP contribution in [0.3, 0.4) is 0 Å². The quantitative estimate of drug-likeness (QED) is 0.838. The molecule has 0 aliphatic carbocycles. The largest absolute Gasteiger partial charge is 0.376 e. The minimum absolute atomic E-state index is 0.287. The van der Waals surface area contributed by atoms with Crippen LogP contribution in [0.15, 0.2) is 29.6 Å². The summed E-state index contributed by atoms with van der Waals surface area (Å²) in [5, 5.41) is 10.2. The summed E-state index contributed by atoms with van der Waals surface area (Å²) < 4.78 is 5.56. The van der Waals surface area contributed by atoms with E-state index >= 15 is 0 Å². The molecule has 2 N–H and O–H groups in total. The third-order valence-corrected chi connectivity index (χ3v) is 4.59. The predicted molar refractivity (Wildman–Crippen MR) is 95.5 cm³/mol. The number of aromatic nitrogens is 1. The maximum absolute atomic E-state index is 5.56. The molecule has 0 amide bonds. The van der Waals surface area contributed by atoms with Crippen LogP contribution in [-0.4, -0.2) is 29.4 Å². The molecular formula is C16H19N3OS2. The van der Waals surface area contributed by atoms with Crippen LogP contribution in [0.4, 0.5) is 5.69 Å². The van der Waals surface area contributed by atoms with Gasteiger partial charge in [0.05, 0.1) is 16.8 Å². The SMILES string of the molecule is Cc1nc(-c2ccc(NC(=S)NC[C@@H]3CCCO3)cc2)cs1. The molecule has 0 saturated carbocycles. The van der Waals surface area contributed by atoms with Crippen LogP contribution in [0.5, 0.6) is 0 Å². The van der Waals surface area contributed by atoms with Gasteiger partial charge in [0, 0.05) is 29.8 Å². The van der Waals surface area contributed by atoms with Crippen LogP contribution in [0.2, 0.25) is 0 Å². The van der Waals surface area contributed by atoms with Crippen molar-refractivity contribution in [2.45, 2.75) is 25.9 Å². The number of nitrogens with zero attached hydrogens (tertiary/aromatic N) is 1. The highest BCUT2D eigenvalue weighted by atomic mass is 32.1. The minimum atomic E-state index is 0.287. The standard InChI is InChI=1S/C16H19N3OS2/c1-11-18-15(10-22-11)12-4-6-13(7-5-12)19-16(21)17-9-14-3-2-8-20-14/h4-7,10,14H,2-3,8-9H2,1H3,(H2,17,19,21)/t14-/m0/s1. The van der Waals surface area contributed by atoms with Crippen LogP contribution in [0.25, 0.3) is 11.3 Å². The van der Waals surface area contributed by atoms with E-state index in [1.165, 1.54) is 0 Å². The molecule has 4 nitrogen and oxygen atoms in total. The van der Waals surface area contributed by atoms with Crippen LogP contribution in [-0.2, 0) is 4.74 Å². The summed E-state index contributed by atoms with van der Waals surface area (Å²) >= 11 is 6.98. The lowest BCUT2D eigenvalue weighted by molar-refractivity contribution is 0.114. The average molecular weight is 333 g/mol. The lowest BCUT2D eigenvalue weighted by atomic mass is 10.1. The first kappa shape index (κ1) is 15.4. The molecule has 1 aliphatic rings. The molecule has 1 aromatic carbocycles. The number of hydrogen-bond donors (Lipinski definition) is 2.